The van der Waals surface area contributed by atoms with Gasteiger partial charge in [-0.2, -0.15) is 0 Å². The molecule has 15 heavy (non-hydrogen) atoms. The fourth-order valence-corrected chi connectivity index (χ4v) is 1.22. The van der Waals surface area contributed by atoms with E-state index in [-0.39, 0.29) is 6.04 Å². The minimum atomic E-state index is -0.854. The average molecular weight is 214 g/mol. The normalized spacial score (nSPS) is 13.2. The van der Waals surface area contributed by atoms with Gasteiger partial charge in [0.25, 0.3) is 0 Å². The largest absolute Gasteiger partial charge is 0.323 e. The summed E-state index contributed by atoms with van der Waals surface area (Å²) in [4.78, 5) is 0. The van der Waals surface area contributed by atoms with E-state index in [0.29, 0.717) is 18.2 Å². The summed E-state index contributed by atoms with van der Waals surface area (Å²) in [6.07, 6.45) is 0. The van der Waals surface area contributed by atoms with Crippen LogP contribution in [0.4, 0.5) is 8.78 Å². The van der Waals surface area contributed by atoms with E-state index in [0.717, 1.165) is 12.1 Å². The summed E-state index contributed by atoms with van der Waals surface area (Å²) in [5.41, 5.74) is 6.41. The van der Waals surface area contributed by atoms with Crippen molar-refractivity contribution in [2.24, 2.45) is 5.73 Å². The molecular weight excluding hydrogens is 198 g/mol. The van der Waals surface area contributed by atoms with Gasteiger partial charge in [0.15, 0.2) is 11.6 Å². The van der Waals surface area contributed by atoms with Crippen molar-refractivity contribution in [3.63, 3.8) is 0 Å². The predicted octanol–water partition coefficient (Wildman–Crippen LogP) is 1.96. The maximum atomic E-state index is 12.9. The molecule has 3 N–H and O–H groups in total. The van der Waals surface area contributed by atoms with Crippen LogP contribution >= 0.6 is 0 Å². The lowest BCUT2D eigenvalue weighted by Crippen LogP contribution is -2.31. The summed E-state index contributed by atoms with van der Waals surface area (Å²) < 4.78 is 25.5. The number of halogens is 2. The van der Waals surface area contributed by atoms with E-state index in [1.54, 1.807) is 0 Å². The lowest BCUT2D eigenvalue weighted by Gasteiger charge is -2.15. The molecule has 84 valence electrons. The Morgan fingerprint density at radius 2 is 1.93 bits per heavy atom. The van der Waals surface area contributed by atoms with Crippen molar-refractivity contribution in [3.8, 4) is 0 Å². The number of hydrogen-bond acceptors (Lipinski definition) is 2. The quantitative estimate of drug-likeness (QED) is 0.804. The van der Waals surface area contributed by atoms with Crippen LogP contribution in [0, 0.1) is 11.6 Å². The van der Waals surface area contributed by atoms with Crippen LogP contribution in [-0.4, -0.2) is 12.6 Å². The average Bonchev–Trinajstić information content (AvgIpc) is 2.18. The molecule has 0 radical (unpaired) electrons. The van der Waals surface area contributed by atoms with E-state index in [4.69, 9.17) is 5.73 Å². The molecule has 4 heteroatoms. The van der Waals surface area contributed by atoms with E-state index in [2.05, 4.69) is 5.32 Å². The first-order valence-corrected chi connectivity index (χ1v) is 4.94. The van der Waals surface area contributed by atoms with Crippen LogP contribution in [0.5, 0.6) is 0 Å². The number of benzene rings is 1. The highest BCUT2D eigenvalue weighted by Gasteiger charge is 2.09. The molecule has 0 aromatic heterocycles. The Balaban J connectivity index is 2.65. The molecule has 1 atom stereocenters. The molecule has 0 aliphatic rings. The summed E-state index contributed by atoms with van der Waals surface area (Å²) in [5, 5.41) is 3.14. The highest BCUT2D eigenvalue weighted by atomic mass is 19.2. The first-order valence-electron chi connectivity index (χ1n) is 4.94. The van der Waals surface area contributed by atoms with Crippen molar-refractivity contribution in [2.45, 2.75) is 25.9 Å². The van der Waals surface area contributed by atoms with Crippen LogP contribution in [0.3, 0.4) is 0 Å². The molecule has 0 aliphatic carbocycles. The molecule has 0 saturated heterocycles. The van der Waals surface area contributed by atoms with Crippen molar-refractivity contribution < 1.29 is 8.78 Å². The second-order valence-electron chi connectivity index (χ2n) is 3.84. The summed E-state index contributed by atoms with van der Waals surface area (Å²) >= 11 is 0. The van der Waals surface area contributed by atoms with Gasteiger partial charge in [0.05, 0.1) is 0 Å². The van der Waals surface area contributed by atoms with Crippen LogP contribution in [0.15, 0.2) is 18.2 Å². The highest BCUT2D eigenvalue weighted by Crippen LogP contribution is 2.13. The number of hydrogen-bond donors (Lipinski definition) is 2. The minimum Gasteiger partial charge on any atom is -0.323 e. The van der Waals surface area contributed by atoms with Gasteiger partial charge in [0.2, 0.25) is 0 Å². The molecule has 0 saturated carbocycles. The first-order chi connectivity index (χ1) is 7.00. The van der Waals surface area contributed by atoms with Crippen molar-refractivity contribution in [1.29, 1.82) is 0 Å². The standard InChI is InChI=1S/C11H16F2N2/c1-7(2)15-6-11(14)8-3-4-9(12)10(13)5-8/h3-5,7,11,15H,6,14H2,1-2H3. The lowest BCUT2D eigenvalue weighted by molar-refractivity contribution is 0.500. The van der Waals surface area contributed by atoms with Crippen LogP contribution in [-0.2, 0) is 0 Å². The van der Waals surface area contributed by atoms with E-state index in [9.17, 15) is 8.78 Å². The van der Waals surface area contributed by atoms with Crippen LogP contribution in [0.25, 0.3) is 0 Å². The summed E-state index contributed by atoms with van der Waals surface area (Å²) in [5.74, 6) is -1.70. The molecule has 0 amide bonds. The maximum absolute atomic E-state index is 12.9. The molecule has 1 rings (SSSR count). The van der Waals surface area contributed by atoms with Crippen LogP contribution in [0.2, 0.25) is 0 Å². The topological polar surface area (TPSA) is 38.0 Å². The third kappa shape index (κ3) is 3.57. The zero-order chi connectivity index (χ0) is 11.4. The van der Waals surface area contributed by atoms with Gasteiger partial charge < -0.3 is 11.1 Å². The Morgan fingerprint density at radius 1 is 1.27 bits per heavy atom. The SMILES string of the molecule is CC(C)NCC(N)c1ccc(F)c(F)c1. The van der Waals surface area contributed by atoms with Gasteiger partial charge in [0.1, 0.15) is 0 Å². The Hall–Kier alpha value is -1.00. The first kappa shape index (κ1) is 12.1. The molecule has 2 nitrogen and oxygen atoms in total. The van der Waals surface area contributed by atoms with E-state index >= 15 is 0 Å². The summed E-state index contributed by atoms with van der Waals surface area (Å²) in [6, 6.07) is 3.75. The van der Waals surface area contributed by atoms with Gasteiger partial charge in [-0.25, -0.2) is 8.78 Å². The Labute approximate surface area is 88.5 Å². The number of rotatable bonds is 4. The third-order valence-electron chi connectivity index (χ3n) is 2.12. The summed E-state index contributed by atoms with van der Waals surface area (Å²) in [6.45, 7) is 4.54. The van der Waals surface area contributed by atoms with E-state index in [1.807, 2.05) is 13.8 Å². The summed E-state index contributed by atoms with van der Waals surface area (Å²) in [7, 11) is 0. The van der Waals surface area contributed by atoms with E-state index < -0.39 is 11.6 Å². The molecule has 0 bridgehead atoms. The van der Waals surface area contributed by atoms with Crippen molar-refractivity contribution in [3.05, 3.63) is 35.4 Å². The molecule has 0 heterocycles. The molecule has 1 aromatic rings. The minimum absolute atomic E-state index is 0.317. The highest BCUT2D eigenvalue weighted by molar-refractivity contribution is 5.21. The fraction of sp³-hybridized carbons (Fsp3) is 0.455. The van der Waals surface area contributed by atoms with Crippen molar-refractivity contribution in [2.75, 3.05) is 6.54 Å². The second-order valence-corrected chi connectivity index (χ2v) is 3.84. The smallest absolute Gasteiger partial charge is 0.159 e. The van der Waals surface area contributed by atoms with Gasteiger partial charge in [-0.05, 0) is 17.7 Å². The fourth-order valence-electron chi connectivity index (χ4n) is 1.22. The van der Waals surface area contributed by atoms with Gasteiger partial charge in [-0.15, -0.1) is 0 Å². The maximum Gasteiger partial charge on any atom is 0.159 e. The van der Waals surface area contributed by atoms with Crippen LogP contribution < -0.4 is 11.1 Å². The molecule has 1 aromatic carbocycles. The Bertz CT molecular complexity index is 326. The number of nitrogens with two attached hydrogens (primary N) is 1. The van der Waals surface area contributed by atoms with Crippen molar-refractivity contribution in [1.82, 2.24) is 5.32 Å². The Morgan fingerprint density at radius 3 is 2.47 bits per heavy atom. The third-order valence-corrected chi connectivity index (χ3v) is 2.12. The van der Waals surface area contributed by atoms with Gasteiger partial charge >= 0.3 is 0 Å². The second kappa shape index (κ2) is 5.19. The zero-order valence-electron chi connectivity index (χ0n) is 8.93. The zero-order valence-corrected chi connectivity index (χ0v) is 8.93. The molecule has 1 unspecified atom stereocenters. The molecule has 0 aliphatic heterocycles. The van der Waals surface area contributed by atoms with Gasteiger partial charge in [-0.1, -0.05) is 19.9 Å². The molecule has 0 spiro atoms. The molecular formula is C11H16F2N2. The Kier molecular flexibility index (Phi) is 4.17. The number of nitrogens with one attached hydrogen (secondary N) is 1. The van der Waals surface area contributed by atoms with Gasteiger partial charge in [0, 0.05) is 18.6 Å². The lowest BCUT2D eigenvalue weighted by atomic mass is 10.1. The predicted molar refractivity (Wildman–Crippen MR) is 56.4 cm³/mol. The molecule has 0 fully saturated rings. The van der Waals surface area contributed by atoms with Gasteiger partial charge in [-0.3, -0.25) is 0 Å². The van der Waals surface area contributed by atoms with E-state index in [1.165, 1.54) is 6.07 Å². The van der Waals surface area contributed by atoms with Crippen LogP contribution in [0.1, 0.15) is 25.5 Å². The monoisotopic (exact) mass is 214 g/mol. The van der Waals surface area contributed by atoms with Crippen molar-refractivity contribution >= 4 is 0 Å².